The number of rotatable bonds is 6. The summed E-state index contributed by atoms with van der Waals surface area (Å²) in [4.78, 5) is 21.1. The zero-order valence-corrected chi connectivity index (χ0v) is 13.5. The van der Waals surface area contributed by atoms with Crippen molar-refractivity contribution in [3.05, 3.63) is 58.1 Å². The van der Waals surface area contributed by atoms with Crippen LogP contribution in [0, 0.1) is 10.1 Å². The molecule has 0 saturated heterocycles. The van der Waals surface area contributed by atoms with Crippen molar-refractivity contribution in [3.63, 3.8) is 0 Å². The minimum atomic E-state index is -1.27. The molecule has 120 valence electrons. The molecule has 8 heteroatoms. The monoisotopic (exact) mass is 354 g/mol. The normalized spacial score (nSPS) is 10.4. The zero-order valence-electron chi connectivity index (χ0n) is 12.0. The summed E-state index contributed by atoms with van der Waals surface area (Å²) >= 11 is 11.0. The van der Waals surface area contributed by atoms with E-state index in [1.807, 2.05) is 0 Å². The number of nitrogens with zero attached hydrogens (tertiary/aromatic N) is 1. The van der Waals surface area contributed by atoms with Gasteiger partial charge in [-0.2, -0.15) is 0 Å². The second kappa shape index (κ2) is 7.30. The van der Waals surface area contributed by atoms with Crippen LogP contribution < -0.4 is 10.1 Å². The van der Waals surface area contributed by atoms with Crippen LogP contribution in [0.4, 0.5) is 17.1 Å². The molecule has 0 atom stereocenters. The summed E-state index contributed by atoms with van der Waals surface area (Å²) in [6.45, 7) is 0. The quantitative estimate of drug-likeness (QED) is 0.361. The molecule has 0 unspecified atom stereocenters. The summed E-state index contributed by atoms with van der Waals surface area (Å²) in [6, 6.07) is 10.9. The van der Waals surface area contributed by atoms with E-state index in [1.54, 1.807) is 31.4 Å². The Bertz CT molecular complexity index is 733. The molecule has 0 radical (unpaired) electrons. The lowest BCUT2D eigenvalue weighted by Gasteiger charge is -2.09. The summed E-state index contributed by atoms with van der Waals surface area (Å²) in [7, 11) is 1.55. The van der Waals surface area contributed by atoms with Crippen molar-refractivity contribution in [3.8, 4) is 5.75 Å². The van der Waals surface area contributed by atoms with Gasteiger partial charge < -0.3 is 10.1 Å². The molecule has 0 aliphatic rings. The third-order valence-electron chi connectivity index (χ3n) is 3.05. The number of anilines is 2. The number of halogens is 2. The highest BCUT2D eigenvalue weighted by atomic mass is 35.5. The van der Waals surface area contributed by atoms with E-state index in [0.29, 0.717) is 11.4 Å². The van der Waals surface area contributed by atoms with Crippen molar-refractivity contribution >= 4 is 46.0 Å². The van der Waals surface area contributed by atoms with Gasteiger partial charge in [-0.25, -0.2) is 0 Å². The summed E-state index contributed by atoms with van der Waals surface area (Å²) in [6.07, 6.45) is 0. The van der Waals surface area contributed by atoms with Gasteiger partial charge in [-0.05, 0) is 36.4 Å². The SMILES string of the molecule is COc1ccc(Nc2ccc(C(=O)C(Cl)Cl)cc2[N+](=O)[O-])cc1. The molecule has 0 fully saturated rings. The maximum Gasteiger partial charge on any atom is 0.293 e. The minimum absolute atomic E-state index is 0.0759. The smallest absolute Gasteiger partial charge is 0.293 e. The third-order valence-corrected chi connectivity index (χ3v) is 3.44. The number of nitrogens with one attached hydrogen (secondary N) is 1. The minimum Gasteiger partial charge on any atom is -0.497 e. The van der Waals surface area contributed by atoms with Crippen LogP contribution in [0.5, 0.6) is 5.75 Å². The van der Waals surface area contributed by atoms with Crippen molar-refractivity contribution in [2.75, 3.05) is 12.4 Å². The topological polar surface area (TPSA) is 81.5 Å². The van der Waals surface area contributed by atoms with Gasteiger partial charge >= 0.3 is 0 Å². The molecule has 2 rings (SSSR count). The van der Waals surface area contributed by atoms with Gasteiger partial charge in [0.1, 0.15) is 11.4 Å². The number of hydrogen-bond acceptors (Lipinski definition) is 5. The molecule has 23 heavy (non-hydrogen) atoms. The Balaban J connectivity index is 2.33. The number of methoxy groups -OCH3 is 1. The van der Waals surface area contributed by atoms with Crippen LogP contribution in [-0.4, -0.2) is 22.7 Å². The first-order chi connectivity index (χ1) is 10.9. The molecule has 2 aromatic rings. The predicted octanol–water partition coefficient (Wildman–Crippen LogP) is 4.33. The lowest BCUT2D eigenvalue weighted by molar-refractivity contribution is -0.383. The zero-order chi connectivity index (χ0) is 17.0. The average molecular weight is 355 g/mol. The fraction of sp³-hybridized carbons (Fsp3) is 0.133. The number of ketones is 1. The van der Waals surface area contributed by atoms with Gasteiger partial charge in [0.25, 0.3) is 5.69 Å². The van der Waals surface area contributed by atoms with Crippen LogP contribution in [-0.2, 0) is 0 Å². The molecule has 0 spiro atoms. The van der Waals surface area contributed by atoms with Crippen molar-refractivity contribution in [1.82, 2.24) is 0 Å². The van der Waals surface area contributed by atoms with E-state index in [4.69, 9.17) is 27.9 Å². The summed E-state index contributed by atoms with van der Waals surface area (Å²) in [5.74, 6) is 0.0775. The van der Waals surface area contributed by atoms with E-state index >= 15 is 0 Å². The standard InChI is InChI=1S/C15H12Cl2N2O4/c1-23-11-5-3-10(4-6-11)18-12-7-2-9(14(20)15(16)17)8-13(12)19(21)22/h2-8,15,18H,1H3. The highest BCUT2D eigenvalue weighted by Gasteiger charge is 2.21. The molecule has 0 bridgehead atoms. The van der Waals surface area contributed by atoms with Crippen LogP contribution in [0.15, 0.2) is 42.5 Å². The molecule has 0 aliphatic heterocycles. The number of hydrogen-bond donors (Lipinski definition) is 1. The molecular weight excluding hydrogens is 343 g/mol. The Morgan fingerprint density at radius 1 is 1.22 bits per heavy atom. The number of alkyl halides is 2. The average Bonchev–Trinajstić information content (AvgIpc) is 2.55. The van der Waals surface area contributed by atoms with Crippen molar-refractivity contribution in [1.29, 1.82) is 0 Å². The van der Waals surface area contributed by atoms with Crippen molar-refractivity contribution in [2.24, 2.45) is 0 Å². The molecule has 0 aromatic heterocycles. The fourth-order valence-corrected chi connectivity index (χ4v) is 2.15. The number of carbonyl (C=O) groups excluding carboxylic acids is 1. The van der Waals surface area contributed by atoms with E-state index in [-0.39, 0.29) is 16.9 Å². The van der Waals surface area contributed by atoms with E-state index in [1.165, 1.54) is 12.1 Å². The number of carbonyl (C=O) groups is 1. The Morgan fingerprint density at radius 2 is 1.87 bits per heavy atom. The first kappa shape index (κ1) is 17.1. The van der Waals surface area contributed by atoms with E-state index in [0.717, 1.165) is 6.07 Å². The number of ether oxygens (including phenoxy) is 1. The summed E-state index contributed by atoms with van der Waals surface area (Å²) in [5.41, 5.74) is 0.714. The molecule has 2 aromatic carbocycles. The molecule has 6 nitrogen and oxygen atoms in total. The first-order valence-corrected chi connectivity index (χ1v) is 7.31. The van der Waals surface area contributed by atoms with E-state index in [9.17, 15) is 14.9 Å². The highest BCUT2D eigenvalue weighted by molar-refractivity contribution is 6.55. The Morgan fingerprint density at radius 3 is 2.39 bits per heavy atom. The summed E-state index contributed by atoms with van der Waals surface area (Å²) in [5, 5.41) is 14.2. The van der Waals surface area contributed by atoms with Crippen LogP contribution in [0.1, 0.15) is 10.4 Å². The highest BCUT2D eigenvalue weighted by Crippen LogP contribution is 2.30. The van der Waals surface area contributed by atoms with E-state index < -0.39 is 15.5 Å². The van der Waals surface area contributed by atoms with Crippen LogP contribution in [0.25, 0.3) is 0 Å². The van der Waals surface area contributed by atoms with Crippen LogP contribution in [0.3, 0.4) is 0 Å². The number of nitro benzene ring substituents is 1. The van der Waals surface area contributed by atoms with Gasteiger partial charge in [0, 0.05) is 17.3 Å². The fourth-order valence-electron chi connectivity index (χ4n) is 1.90. The van der Waals surface area contributed by atoms with Gasteiger partial charge in [-0.3, -0.25) is 14.9 Å². The Hall–Kier alpha value is -2.31. The number of benzene rings is 2. The molecule has 0 heterocycles. The number of Topliss-reactive ketones (excluding diaryl/α,β-unsaturated/α-hetero) is 1. The van der Waals surface area contributed by atoms with Gasteiger partial charge in [0.05, 0.1) is 12.0 Å². The van der Waals surface area contributed by atoms with E-state index in [2.05, 4.69) is 5.32 Å². The number of nitro groups is 1. The second-order valence-electron chi connectivity index (χ2n) is 4.51. The molecule has 0 amide bonds. The van der Waals surface area contributed by atoms with Crippen molar-refractivity contribution in [2.45, 2.75) is 4.84 Å². The molecular formula is C15H12Cl2N2O4. The third kappa shape index (κ3) is 4.12. The lowest BCUT2D eigenvalue weighted by atomic mass is 10.1. The molecule has 0 saturated carbocycles. The van der Waals surface area contributed by atoms with Gasteiger partial charge in [0.15, 0.2) is 10.6 Å². The molecule has 1 N–H and O–H groups in total. The van der Waals surface area contributed by atoms with Gasteiger partial charge in [-0.15, -0.1) is 0 Å². The van der Waals surface area contributed by atoms with Crippen LogP contribution >= 0.6 is 23.2 Å². The second-order valence-corrected chi connectivity index (χ2v) is 5.60. The largest absolute Gasteiger partial charge is 0.497 e. The van der Waals surface area contributed by atoms with Gasteiger partial charge in [-0.1, -0.05) is 23.2 Å². The lowest BCUT2D eigenvalue weighted by Crippen LogP contribution is -2.09. The maximum absolute atomic E-state index is 11.7. The Kier molecular flexibility index (Phi) is 5.41. The first-order valence-electron chi connectivity index (χ1n) is 6.44. The molecule has 0 aliphatic carbocycles. The van der Waals surface area contributed by atoms with Crippen molar-refractivity contribution < 1.29 is 14.5 Å². The summed E-state index contributed by atoms with van der Waals surface area (Å²) < 4.78 is 5.05. The van der Waals surface area contributed by atoms with Gasteiger partial charge in [0.2, 0.25) is 0 Å². The maximum atomic E-state index is 11.7. The predicted molar refractivity (Wildman–Crippen MR) is 89.2 cm³/mol. The van der Waals surface area contributed by atoms with Crippen LogP contribution in [0.2, 0.25) is 0 Å². The Labute approximate surface area is 142 Å².